The molecule has 0 unspecified atom stereocenters. The molecule has 0 aromatic heterocycles. The predicted molar refractivity (Wildman–Crippen MR) is 65.0 cm³/mol. The van der Waals surface area contributed by atoms with Crippen LogP contribution in [0.25, 0.3) is 6.08 Å². The third-order valence-corrected chi connectivity index (χ3v) is 2.42. The molecule has 1 aliphatic rings. The normalized spacial score (nSPS) is 12.8. The van der Waals surface area contributed by atoms with E-state index >= 15 is 0 Å². The van der Waals surface area contributed by atoms with Crippen LogP contribution < -0.4 is 9.68 Å². The van der Waals surface area contributed by atoms with Gasteiger partial charge in [-0.2, -0.15) is 0 Å². The molecule has 2 aromatic carbocycles. The molecular weight excluding hydrogens is 214 g/mol. The maximum absolute atomic E-state index is 5.56. The first-order valence-corrected chi connectivity index (χ1v) is 5.39. The molecule has 84 valence electrons. The van der Waals surface area contributed by atoms with Crippen molar-refractivity contribution >= 4 is 6.08 Å². The number of hydrogen-bond acceptors (Lipinski definition) is 3. The van der Waals surface area contributed by atoms with Crippen LogP contribution in [0.4, 0.5) is 0 Å². The fourth-order valence-corrected chi connectivity index (χ4v) is 1.60. The van der Waals surface area contributed by atoms with Crippen molar-refractivity contribution in [2.75, 3.05) is 0 Å². The predicted octanol–water partition coefficient (Wildman–Crippen LogP) is 3.26. The van der Waals surface area contributed by atoms with E-state index in [1.54, 1.807) is 6.20 Å². The highest BCUT2D eigenvalue weighted by atomic mass is 16.9. The lowest BCUT2D eigenvalue weighted by Crippen LogP contribution is -2.27. The highest BCUT2D eigenvalue weighted by Crippen LogP contribution is 2.25. The van der Waals surface area contributed by atoms with E-state index in [0.717, 1.165) is 17.1 Å². The second kappa shape index (κ2) is 4.22. The summed E-state index contributed by atoms with van der Waals surface area (Å²) in [5.74, 6) is 1.52. The van der Waals surface area contributed by atoms with E-state index in [0.29, 0.717) is 0 Å². The van der Waals surface area contributed by atoms with Crippen LogP contribution >= 0.6 is 0 Å². The van der Waals surface area contributed by atoms with E-state index < -0.39 is 0 Å². The first kappa shape index (κ1) is 9.78. The van der Waals surface area contributed by atoms with Gasteiger partial charge in [0, 0.05) is 5.56 Å². The molecule has 1 heterocycles. The molecule has 0 N–H and O–H groups in total. The lowest BCUT2D eigenvalue weighted by Gasteiger charge is -2.23. The Labute approximate surface area is 99.4 Å². The van der Waals surface area contributed by atoms with E-state index in [2.05, 4.69) is 0 Å². The molecule has 0 spiro atoms. The topological polar surface area (TPSA) is 21.7 Å². The van der Waals surface area contributed by atoms with Gasteiger partial charge in [0.1, 0.15) is 0 Å². The Kier molecular flexibility index (Phi) is 2.43. The molecule has 17 heavy (non-hydrogen) atoms. The third kappa shape index (κ3) is 2.08. The summed E-state index contributed by atoms with van der Waals surface area (Å²) in [6.07, 6.45) is 3.69. The summed E-state index contributed by atoms with van der Waals surface area (Å²) in [6.45, 7) is 0. The number of benzene rings is 2. The SMILES string of the molecule is C1=CN(Oc2ccccc2)Oc2ccccc21. The second-order valence-electron chi connectivity index (χ2n) is 3.63. The Morgan fingerprint density at radius 2 is 1.65 bits per heavy atom. The molecule has 0 aliphatic carbocycles. The number of fused-ring (bicyclic) bond motifs is 1. The van der Waals surface area contributed by atoms with Gasteiger partial charge in [-0.25, -0.2) is 0 Å². The largest absolute Gasteiger partial charge is 0.346 e. The minimum Gasteiger partial charge on any atom is -0.346 e. The average molecular weight is 225 g/mol. The van der Waals surface area contributed by atoms with Gasteiger partial charge in [-0.05, 0) is 29.5 Å². The molecule has 0 amide bonds. The summed E-state index contributed by atoms with van der Waals surface area (Å²) in [6, 6.07) is 17.3. The number of rotatable bonds is 2. The molecular formula is C14H11NO2. The quantitative estimate of drug-likeness (QED) is 0.783. The highest BCUT2D eigenvalue weighted by Gasteiger charge is 2.12. The van der Waals surface area contributed by atoms with E-state index in [4.69, 9.17) is 9.68 Å². The van der Waals surface area contributed by atoms with Gasteiger partial charge >= 0.3 is 0 Å². The molecule has 0 saturated carbocycles. The van der Waals surface area contributed by atoms with Crippen LogP contribution in [0, 0.1) is 0 Å². The van der Waals surface area contributed by atoms with Crippen LogP contribution in [0.1, 0.15) is 5.56 Å². The Balaban J connectivity index is 1.77. The summed E-state index contributed by atoms with van der Waals surface area (Å²) in [5.41, 5.74) is 1.04. The van der Waals surface area contributed by atoms with Gasteiger partial charge < -0.3 is 9.68 Å². The molecule has 3 nitrogen and oxygen atoms in total. The van der Waals surface area contributed by atoms with Gasteiger partial charge in [-0.3, -0.25) is 0 Å². The number of hydrogen-bond donors (Lipinski definition) is 0. The zero-order valence-corrected chi connectivity index (χ0v) is 9.11. The van der Waals surface area contributed by atoms with Crippen molar-refractivity contribution in [1.29, 1.82) is 0 Å². The average Bonchev–Trinajstić information content (AvgIpc) is 2.40. The Bertz CT molecular complexity index is 537. The fraction of sp³-hybridized carbons (Fsp3) is 0. The lowest BCUT2D eigenvalue weighted by molar-refractivity contribution is -0.216. The summed E-state index contributed by atoms with van der Waals surface area (Å²) < 4.78 is 0. The Hall–Kier alpha value is -2.42. The summed E-state index contributed by atoms with van der Waals surface area (Å²) in [7, 11) is 0. The van der Waals surface area contributed by atoms with Crippen molar-refractivity contribution in [3.05, 3.63) is 66.4 Å². The minimum atomic E-state index is 0.733. The molecule has 0 saturated heterocycles. The molecule has 0 fully saturated rings. The third-order valence-electron chi connectivity index (χ3n) is 2.42. The monoisotopic (exact) mass is 225 g/mol. The highest BCUT2D eigenvalue weighted by molar-refractivity contribution is 5.57. The van der Waals surface area contributed by atoms with E-state index in [1.807, 2.05) is 60.7 Å². The second-order valence-corrected chi connectivity index (χ2v) is 3.63. The Morgan fingerprint density at radius 1 is 0.882 bits per heavy atom. The van der Waals surface area contributed by atoms with Gasteiger partial charge in [-0.1, -0.05) is 36.4 Å². The fourth-order valence-electron chi connectivity index (χ4n) is 1.60. The zero-order chi connectivity index (χ0) is 11.5. The van der Waals surface area contributed by atoms with Gasteiger partial charge in [0.2, 0.25) is 0 Å². The van der Waals surface area contributed by atoms with Gasteiger partial charge in [0.25, 0.3) is 0 Å². The molecule has 3 heteroatoms. The number of nitrogens with zero attached hydrogens (tertiary/aromatic N) is 1. The zero-order valence-electron chi connectivity index (χ0n) is 9.11. The van der Waals surface area contributed by atoms with Gasteiger partial charge in [0.05, 0.1) is 6.20 Å². The van der Waals surface area contributed by atoms with Crippen LogP contribution in [0.3, 0.4) is 0 Å². The van der Waals surface area contributed by atoms with Crippen molar-refractivity contribution in [1.82, 2.24) is 5.23 Å². The maximum atomic E-state index is 5.56. The van der Waals surface area contributed by atoms with Gasteiger partial charge in [0.15, 0.2) is 11.5 Å². The van der Waals surface area contributed by atoms with Crippen LogP contribution in [0.2, 0.25) is 0 Å². The minimum absolute atomic E-state index is 0.733. The van der Waals surface area contributed by atoms with Crippen LogP contribution in [0.5, 0.6) is 11.5 Å². The van der Waals surface area contributed by atoms with Crippen LogP contribution in [-0.4, -0.2) is 5.23 Å². The Morgan fingerprint density at radius 3 is 2.53 bits per heavy atom. The van der Waals surface area contributed by atoms with Gasteiger partial charge in [-0.15, -0.1) is 0 Å². The molecule has 3 rings (SSSR count). The molecule has 0 radical (unpaired) electrons. The van der Waals surface area contributed by atoms with Crippen molar-refractivity contribution in [2.24, 2.45) is 0 Å². The summed E-state index contributed by atoms with van der Waals surface area (Å²) in [4.78, 5) is 11.1. The van der Waals surface area contributed by atoms with E-state index in [1.165, 1.54) is 5.23 Å². The first-order chi connectivity index (χ1) is 8.42. The van der Waals surface area contributed by atoms with Crippen LogP contribution in [0.15, 0.2) is 60.8 Å². The standard InChI is InChI=1S/C14H11NO2/c1-2-7-13(8-3-1)16-15-11-10-12-6-4-5-9-14(12)17-15/h1-11H. The maximum Gasteiger partial charge on any atom is 0.166 e. The smallest absolute Gasteiger partial charge is 0.166 e. The van der Waals surface area contributed by atoms with Crippen molar-refractivity contribution < 1.29 is 9.68 Å². The molecule has 2 aromatic rings. The van der Waals surface area contributed by atoms with Crippen LogP contribution in [-0.2, 0) is 0 Å². The number of hydroxylamine groups is 2. The van der Waals surface area contributed by atoms with E-state index in [-0.39, 0.29) is 0 Å². The lowest BCUT2D eigenvalue weighted by atomic mass is 10.2. The molecule has 0 atom stereocenters. The van der Waals surface area contributed by atoms with Crippen molar-refractivity contribution in [2.45, 2.75) is 0 Å². The van der Waals surface area contributed by atoms with Crippen molar-refractivity contribution in [3.8, 4) is 11.5 Å². The molecule has 1 aliphatic heterocycles. The van der Waals surface area contributed by atoms with E-state index in [9.17, 15) is 0 Å². The molecule has 0 bridgehead atoms. The number of para-hydroxylation sites is 2. The summed E-state index contributed by atoms with van der Waals surface area (Å²) in [5, 5.41) is 1.34. The van der Waals surface area contributed by atoms with Crippen molar-refractivity contribution in [3.63, 3.8) is 0 Å². The first-order valence-electron chi connectivity index (χ1n) is 5.39. The summed E-state index contributed by atoms with van der Waals surface area (Å²) >= 11 is 0.